The summed E-state index contributed by atoms with van der Waals surface area (Å²) in [5, 5.41) is 0. The molecule has 7 heteroatoms. The van der Waals surface area contributed by atoms with Crippen LogP contribution >= 0.6 is 0 Å². The van der Waals surface area contributed by atoms with E-state index in [0.29, 0.717) is 41.2 Å². The number of benzene rings is 2. The lowest BCUT2D eigenvalue weighted by Gasteiger charge is -2.36. The monoisotopic (exact) mass is 454 g/mol. The van der Waals surface area contributed by atoms with Crippen molar-refractivity contribution in [1.29, 1.82) is 0 Å². The molecule has 0 unspecified atom stereocenters. The van der Waals surface area contributed by atoms with Crippen molar-refractivity contribution < 1.29 is 23.4 Å². The van der Waals surface area contributed by atoms with E-state index >= 15 is 0 Å². The van der Waals surface area contributed by atoms with Gasteiger partial charge in [-0.3, -0.25) is 4.79 Å². The molecule has 0 saturated carbocycles. The van der Waals surface area contributed by atoms with Gasteiger partial charge in [0.05, 0.1) is 19.3 Å². The Morgan fingerprint density at radius 2 is 1.85 bits per heavy atom. The number of unbranched alkanes of at least 4 members (excludes halogenated alkanes) is 1. The van der Waals surface area contributed by atoms with Gasteiger partial charge in [0, 0.05) is 38.4 Å². The zero-order chi connectivity index (χ0) is 23.2. The van der Waals surface area contributed by atoms with Crippen LogP contribution in [0.25, 0.3) is 0 Å². The molecule has 2 aliphatic heterocycles. The van der Waals surface area contributed by atoms with Crippen molar-refractivity contribution in [3.8, 4) is 17.2 Å². The Morgan fingerprint density at radius 3 is 2.58 bits per heavy atom. The van der Waals surface area contributed by atoms with Gasteiger partial charge in [0.2, 0.25) is 5.78 Å². The first kappa shape index (κ1) is 23.1. The van der Waals surface area contributed by atoms with Crippen LogP contribution in [0.15, 0.2) is 54.4 Å². The summed E-state index contributed by atoms with van der Waals surface area (Å²) in [5.74, 6) is 1.97. The summed E-state index contributed by atoms with van der Waals surface area (Å²) in [5.41, 5.74) is 0.577. The summed E-state index contributed by atoms with van der Waals surface area (Å²) in [4.78, 5) is 17.2. The van der Waals surface area contributed by atoms with E-state index in [1.54, 1.807) is 37.4 Å². The lowest BCUT2D eigenvalue weighted by Crippen LogP contribution is -2.42. The molecule has 2 aromatic rings. The zero-order valence-corrected chi connectivity index (χ0v) is 19.3. The fourth-order valence-corrected chi connectivity index (χ4v) is 4.28. The molecule has 0 spiro atoms. The summed E-state index contributed by atoms with van der Waals surface area (Å²) in [6.07, 6.45) is 5.95. The maximum atomic E-state index is 12.9. The molecule has 0 atom stereocenters. The maximum absolute atomic E-state index is 12.9. The molecule has 176 valence electrons. The van der Waals surface area contributed by atoms with Gasteiger partial charge in [-0.1, -0.05) is 0 Å². The van der Waals surface area contributed by atoms with E-state index in [9.17, 15) is 9.18 Å². The molecule has 33 heavy (non-hydrogen) atoms. The Kier molecular flexibility index (Phi) is 7.50. The van der Waals surface area contributed by atoms with Crippen molar-refractivity contribution in [3.63, 3.8) is 0 Å². The third kappa shape index (κ3) is 5.85. The van der Waals surface area contributed by atoms with Gasteiger partial charge in [-0.25, -0.2) is 4.39 Å². The van der Waals surface area contributed by atoms with Crippen LogP contribution in [-0.2, 0) is 0 Å². The summed E-state index contributed by atoms with van der Waals surface area (Å²) in [6, 6.07) is 11.8. The average molecular weight is 455 g/mol. The second kappa shape index (κ2) is 10.7. The van der Waals surface area contributed by atoms with E-state index in [4.69, 9.17) is 14.2 Å². The van der Waals surface area contributed by atoms with Crippen molar-refractivity contribution >= 4 is 5.78 Å². The van der Waals surface area contributed by atoms with E-state index in [1.807, 2.05) is 13.2 Å². The Labute approximate surface area is 194 Å². The normalized spacial score (nSPS) is 17.7. The second-order valence-corrected chi connectivity index (χ2v) is 8.53. The minimum absolute atomic E-state index is 0.0835. The number of hydrogen-bond donors (Lipinski definition) is 0. The Morgan fingerprint density at radius 1 is 1.12 bits per heavy atom. The summed E-state index contributed by atoms with van der Waals surface area (Å²) in [7, 11) is 3.61. The van der Waals surface area contributed by atoms with Crippen molar-refractivity contribution in [2.75, 3.05) is 40.4 Å². The number of carbonyl (C=O) groups excluding carboxylic acids is 1. The van der Waals surface area contributed by atoms with Crippen LogP contribution < -0.4 is 14.2 Å². The number of Topliss-reactive ketones (excluding diaryl/α,β-unsaturated/α-hetero) is 1. The maximum Gasteiger partial charge on any atom is 0.233 e. The van der Waals surface area contributed by atoms with Crippen LogP contribution in [-0.4, -0.2) is 62.0 Å². The first-order valence-corrected chi connectivity index (χ1v) is 11.5. The zero-order valence-electron chi connectivity index (χ0n) is 19.3. The first-order chi connectivity index (χ1) is 16.0. The van der Waals surface area contributed by atoms with Crippen molar-refractivity contribution in [1.82, 2.24) is 9.80 Å². The average Bonchev–Trinajstić information content (AvgIpc) is 3.14. The van der Waals surface area contributed by atoms with E-state index in [2.05, 4.69) is 9.80 Å². The van der Waals surface area contributed by atoms with Crippen molar-refractivity contribution in [3.05, 3.63) is 65.8 Å². The Bertz CT molecular complexity index is 984. The minimum Gasteiger partial charge on any atom is -0.497 e. The number of piperidine rings is 1. The van der Waals surface area contributed by atoms with Gasteiger partial charge in [0.15, 0.2) is 5.76 Å². The van der Waals surface area contributed by atoms with E-state index in [-0.39, 0.29) is 11.6 Å². The molecule has 2 aromatic carbocycles. The molecule has 1 saturated heterocycles. The lowest BCUT2D eigenvalue weighted by molar-refractivity contribution is 0.100. The quantitative estimate of drug-likeness (QED) is 0.411. The molecule has 0 bridgehead atoms. The molecule has 2 aliphatic rings. The number of hydrogen-bond acceptors (Lipinski definition) is 6. The van der Waals surface area contributed by atoms with Gasteiger partial charge in [-0.05, 0) is 68.6 Å². The van der Waals surface area contributed by atoms with Crippen molar-refractivity contribution in [2.45, 2.75) is 31.7 Å². The summed E-state index contributed by atoms with van der Waals surface area (Å²) in [6.45, 7) is 3.75. The fraction of sp³-hybridized carbons (Fsp3) is 0.423. The molecule has 0 aliphatic carbocycles. The molecule has 4 rings (SSSR count). The Hall–Kier alpha value is -3.06. The molecule has 2 heterocycles. The number of ketones is 1. The molecule has 6 nitrogen and oxygen atoms in total. The van der Waals surface area contributed by atoms with Crippen LogP contribution in [0.5, 0.6) is 17.2 Å². The van der Waals surface area contributed by atoms with E-state index in [1.165, 1.54) is 12.1 Å². The van der Waals surface area contributed by atoms with Crippen LogP contribution in [0, 0.1) is 5.82 Å². The fourth-order valence-electron chi connectivity index (χ4n) is 4.28. The number of allylic oxidation sites excluding steroid dienone is 1. The molecule has 0 radical (unpaired) electrons. The highest BCUT2D eigenvalue weighted by Gasteiger charge is 2.29. The van der Waals surface area contributed by atoms with Crippen LogP contribution in [0.2, 0.25) is 0 Å². The van der Waals surface area contributed by atoms with Gasteiger partial charge in [0.25, 0.3) is 0 Å². The number of likely N-dealkylation sites (tertiary alicyclic amines) is 1. The lowest BCUT2D eigenvalue weighted by atomic mass is 10.0. The van der Waals surface area contributed by atoms with Crippen LogP contribution in [0.4, 0.5) is 4.39 Å². The van der Waals surface area contributed by atoms with Crippen LogP contribution in [0.1, 0.15) is 36.0 Å². The number of fused-ring (bicyclic) bond motifs is 1. The van der Waals surface area contributed by atoms with Crippen molar-refractivity contribution in [2.24, 2.45) is 0 Å². The molecule has 0 amide bonds. The molecule has 1 fully saturated rings. The Balaban J connectivity index is 1.17. The summed E-state index contributed by atoms with van der Waals surface area (Å²) >= 11 is 0. The number of methoxy groups -OCH3 is 1. The smallest absolute Gasteiger partial charge is 0.233 e. The number of halogens is 1. The third-order valence-corrected chi connectivity index (χ3v) is 6.28. The number of carbonyl (C=O) groups is 1. The van der Waals surface area contributed by atoms with E-state index in [0.717, 1.165) is 45.3 Å². The number of ether oxygens (including phenoxy) is 3. The molecular formula is C26H31FN2O4. The SMILES string of the molecule is COc1ccc2c(c1)OC(=CN(C)C1CCN(CCCCOc3ccc(F)cc3)CC1)C2=O. The highest BCUT2D eigenvalue weighted by atomic mass is 19.1. The van der Waals surface area contributed by atoms with Crippen LogP contribution in [0.3, 0.4) is 0 Å². The number of nitrogens with zero attached hydrogens (tertiary/aromatic N) is 2. The highest BCUT2D eigenvalue weighted by Crippen LogP contribution is 2.34. The largest absolute Gasteiger partial charge is 0.497 e. The van der Waals surface area contributed by atoms with Gasteiger partial charge in [-0.15, -0.1) is 0 Å². The van der Waals surface area contributed by atoms with Gasteiger partial charge in [-0.2, -0.15) is 0 Å². The second-order valence-electron chi connectivity index (χ2n) is 8.53. The topological polar surface area (TPSA) is 51.2 Å². The van der Waals surface area contributed by atoms with Gasteiger partial charge < -0.3 is 24.0 Å². The highest BCUT2D eigenvalue weighted by molar-refractivity contribution is 6.12. The van der Waals surface area contributed by atoms with Gasteiger partial charge in [0.1, 0.15) is 23.1 Å². The predicted molar refractivity (Wildman–Crippen MR) is 124 cm³/mol. The van der Waals surface area contributed by atoms with E-state index < -0.39 is 0 Å². The minimum atomic E-state index is -0.249. The molecular weight excluding hydrogens is 423 g/mol. The van der Waals surface area contributed by atoms with Gasteiger partial charge >= 0.3 is 0 Å². The first-order valence-electron chi connectivity index (χ1n) is 11.5. The third-order valence-electron chi connectivity index (χ3n) is 6.28. The standard InChI is InChI=1S/C26H31FN2O4/c1-28(18-25-26(30)23-10-9-22(31-2)17-24(23)33-25)20-11-14-29(15-12-20)13-3-4-16-32-21-7-5-19(27)6-8-21/h5-10,17-18,20H,3-4,11-16H2,1-2H3. The summed E-state index contributed by atoms with van der Waals surface area (Å²) < 4.78 is 29.6. The predicted octanol–water partition coefficient (Wildman–Crippen LogP) is 4.51. The number of rotatable bonds is 9. The molecule has 0 aromatic heterocycles. The molecule has 0 N–H and O–H groups in total.